The average molecular weight is 263 g/mol. The van der Waals surface area contributed by atoms with Crippen LogP contribution < -0.4 is 10.2 Å². The van der Waals surface area contributed by atoms with Crippen LogP contribution in [-0.4, -0.2) is 35.8 Å². The number of aliphatic hydroxyl groups is 1. The Morgan fingerprint density at radius 3 is 2.84 bits per heavy atom. The highest BCUT2D eigenvalue weighted by Crippen LogP contribution is 2.22. The number of aromatic nitrogens is 1. The van der Waals surface area contributed by atoms with E-state index in [-0.39, 0.29) is 6.10 Å². The highest BCUT2D eigenvalue weighted by molar-refractivity contribution is 5.46. The molecule has 2 N–H and O–H groups in total. The summed E-state index contributed by atoms with van der Waals surface area (Å²) in [6, 6.07) is 4.58. The fraction of sp³-hybridized carbons (Fsp3) is 0.667. The van der Waals surface area contributed by atoms with Crippen molar-refractivity contribution in [3.05, 3.63) is 24.0 Å². The first-order valence-corrected chi connectivity index (χ1v) is 7.37. The van der Waals surface area contributed by atoms with Crippen LogP contribution >= 0.6 is 0 Å². The second-order valence-corrected chi connectivity index (χ2v) is 5.24. The zero-order valence-corrected chi connectivity index (χ0v) is 12.0. The Morgan fingerprint density at radius 1 is 1.47 bits per heavy atom. The fourth-order valence-corrected chi connectivity index (χ4v) is 2.54. The molecule has 2 rings (SSSR count). The first kappa shape index (κ1) is 14.3. The molecule has 2 atom stereocenters. The van der Waals surface area contributed by atoms with Gasteiger partial charge in [-0.1, -0.05) is 13.8 Å². The predicted molar refractivity (Wildman–Crippen MR) is 78.4 cm³/mol. The molecular formula is C15H25N3O. The molecule has 1 aliphatic rings. The van der Waals surface area contributed by atoms with Crippen LogP contribution in [0.4, 0.5) is 5.69 Å². The minimum absolute atomic E-state index is 0.186. The van der Waals surface area contributed by atoms with Gasteiger partial charge in [0.2, 0.25) is 0 Å². The summed E-state index contributed by atoms with van der Waals surface area (Å²) >= 11 is 0. The van der Waals surface area contributed by atoms with Gasteiger partial charge >= 0.3 is 0 Å². The van der Waals surface area contributed by atoms with Gasteiger partial charge in [0.25, 0.3) is 0 Å². The molecule has 0 saturated carbocycles. The van der Waals surface area contributed by atoms with Crippen molar-refractivity contribution in [1.29, 1.82) is 0 Å². The highest BCUT2D eigenvalue weighted by atomic mass is 16.3. The minimum atomic E-state index is -0.186. The lowest BCUT2D eigenvalue weighted by Crippen LogP contribution is -2.23. The maximum absolute atomic E-state index is 9.57. The van der Waals surface area contributed by atoms with E-state index in [1.807, 2.05) is 6.20 Å². The van der Waals surface area contributed by atoms with E-state index in [1.165, 1.54) is 0 Å². The maximum Gasteiger partial charge on any atom is 0.0731 e. The lowest BCUT2D eigenvalue weighted by molar-refractivity contribution is 0.198. The molecule has 2 heterocycles. The Kier molecular flexibility index (Phi) is 5.16. The number of aliphatic hydroxyl groups excluding tert-OH is 1. The van der Waals surface area contributed by atoms with Crippen molar-refractivity contribution in [3.8, 4) is 0 Å². The zero-order valence-electron chi connectivity index (χ0n) is 12.0. The number of hydrogen-bond donors (Lipinski definition) is 2. The summed E-state index contributed by atoms with van der Waals surface area (Å²) < 4.78 is 0. The zero-order chi connectivity index (χ0) is 13.7. The van der Waals surface area contributed by atoms with Crippen molar-refractivity contribution in [2.24, 2.45) is 0 Å². The van der Waals surface area contributed by atoms with Crippen LogP contribution in [0.5, 0.6) is 0 Å². The summed E-state index contributed by atoms with van der Waals surface area (Å²) in [5.41, 5.74) is 2.23. The van der Waals surface area contributed by atoms with Gasteiger partial charge in [0.1, 0.15) is 0 Å². The molecule has 1 aliphatic heterocycles. The lowest BCUT2D eigenvalue weighted by Gasteiger charge is -2.20. The maximum atomic E-state index is 9.57. The van der Waals surface area contributed by atoms with Crippen molar-refractivity contribution in [2.75, 3.05) is 24.5 Å². The summed E-state index contributed by atoms with van der Waals surface area (Å²) in [7, 11) is 0. The molecule has 1 aromatic heterocycles. The number of hydrogen-bond acceptors (Lipinski definition) is 4. The highest BCUT2D eigenvalue weighted by Gasteiger charge is 2.20. The molecule has 19 heavy (non-hydrogen) atoms. The van der Waals surface area contributed by atoms with E-state index < -0.39 is 0 Å². The van der Waals surface area contributed by atoms with Gasteiger partial charge in [0.15, 0.2) is 0 Å². The van der Waals surface area contributed by atoms with Crippen LogP contribution in [-0.2, 0) is 0 Å². The third kappa shape index (κ3) is 3.67. The van der Waals surface area contributed by atoms with E-state index >= 15 is 0 Å². The van der Waals surface area contributed by atoms with Gasteiger partial charge in [-0.3, -0.25) is 4.98 Å². The second kappa shape index (κ2) is 6.87. The lowest BCUT2D eigenvalue weighted by atomic mass is 10.1. The van der Waals surface area contributed by atoms with Crippen LogP contribution in [0, 0.1) is 0 Å². The molecule has 0 aliphatic carbocycles. The molecule has 0 spiro atoms. The molecule has 0 bridgehead atoms. The summed E-state index contributed by atoms with van der Waals surface area (Å²) in [4.78, 5) is 6.78. The van der Waals surface area contributed by atoms with Crippen LogP contribution in [0.25, 0.3) is 0 Å². The monoisotopic (exact) mass is 263 g/mol. The van der Waals surface area contributed by atoms with E-state index in [0.29, 0.717) is 6.04 Å². The topological polar surface area (TPSA) is 48.4 Å². The third-order valence-corrected chi connectivity index (χ3v) is 3.71. The van der Waals surface area contributed by atoms with Gasteiger partial charge in [-0.25, -0.2) is 0 Å². The Morgan fingerprint density at radius 2 is 2.32 bits per heavy atom. The summed E-state index contributed by atoms with van der Waals surface area (Å²) in [6.07, 6.45) is 4.80. The molecule has 4 heteroatoms. The molecule has 0 amide bonds. The van der Waals surface area contributed by atoms with Crippen LogP contribution in [0.3, 0.4) is 0 Å². The quantitative estimate of drug-likeness (QED) is 0.825. The summed E-state index contributed by atoms with van der Waals surface area (Å²) in [5.74, 6) is 0. The van der Waals surface area contributed by atoms with Crippen LogP contribution in [0.2, 0.25) is 0 Å². The molecule has 0 aromatic carbocycles. The van der Waals surface area contributed by atoms with Crippen molar-refractivity contribution >= 4 is 5.69 Å². The standard InChI is InChI=1S/C15H25N3O/c1-3-8-16-14(4-2)15-6-5-12(10-17-15)18-9-7-13(19)11-18/h5-6,10,13-14,16,19H,3-4,7-9,11H2,1-2H3. The number of rotatable bonds is 6. The van der Waals surface area contributed by atoms with E-state index in [4.69, 9.17) is 0 Å². The Hall–Kier alpha value is -1.13. The molecular weight excluding hydrogens is 238 g/mol. The molecule has 106 valence electrons. The third-order valence-electron chi connectivity index (χ3n) is 3.71. The molecule has 4 nitrogen and oxygen atoms in total. The Labute approximate surface area is 115 Å². The first-order chi connectivity index (χ1) is 9.24. The molecule has 1 fully saturated rings. The van der Waals surface area contributed by atoms with Crippen molar-refractivity contribution < 1.29 is 5.11 Å². The SMILES string of the molecule is CCCNC(CC)c1ccc(N2CCC(O)C2)cn1. The van der Waals surface area contributed by atoms with Gasteiger partial charge in [-0.2, -0.15) is 0 Å². The number of β-amino-alcohol motifs (C(OH)–C–C–N with tert-alkyl or cyclic N) is 1. The summed E-state index contributed by atoms with van der Waals surface area (Å²) in [6.45, 7) is 7.04. The van der Waals surface area contributed by atoms with Gasteiger partial charge in [0, 0.05) is 19.1 Å². The van der Waals surface area contributed by atoms with Crippen LogP contribution in [0.15, 0.2) is 18.3 Å². The normalized spacial score (nSPS) is 20.8. The minimum Gasteiger partial charge on any atom is -0.391 e. The largest absolute Gasteiger partial charge is 0.391 e. The van der Waals surface area contributed by atoms with Crippen LogP contribution in [0.1, 0.15) is 44.8 Å². The molecule has 2 unspecified atom stereocenters. The average Bonchev–Trinajstić information content (AvgIpc) is 2.87. The second-order valence-electron chi connectivity index (χ2n) is 5.24. The smallest absolute Gasteiger partial charge is 0.0731 e. The Balaban J connectivity index is 2.00. The summed E-state index contributed by atoms with van der Waals surface area (Å²) in [5, 5.41) is 13.1. The van der Waals surface area contributed by atoms with E-state index in [2.05, 4.69) is 41.2 Å². The number of pyridine rings is 1. The van der Waals surface area contributed by atoms with E-state index in [0.717, 1.165) is 50.3 Å². The van der Waals surface area contributed by atoms with Crippen molar-refractivity contribution in [1.82, 2.24) is 10.3 Å². The van der Waals surface area contributed by atoms with Gasteiger partial charge in [-0.05, 0) is 37.9 Å². The molecule has 1 aromatic rings. The molecule has 0 radical (unpaired) electrons. The predicted octanol–water partition coefficient (Wildman–Crippen LogP) is 2.10. The van der Waals surface area contributed by atoms with Crippen molar-refractivity contribution in [2.45, 2.75) is 45.3 Å². The fourth-order valence-electron chi connectivity index (χ4n) is 2.54. The van der Waals surface area contributed by atoms with E-state index in [9.17, 15) is 5.11 Å². The Bertz CT molecular complexity index is 379. The number of nitrogens with zero attached hydrogens (tertiary/aromatic N) is 2. The van der Waals surface area contributed by atoms with Gasteiger partial charge in [0.05, 0.1) is 23.7 Å². The van der Waals surface area contributed by atoms with E-state index in [1.54, 1.807) is 0 Å². The first-order valence-electron chi connectivity index (χ1n) is 7.37. The van der Waals surface area contributed by atoms with Gasteiger partial charge < -0.3 is 15.3 Å². The number of nitrogens with one attached hydrogen (secondary N) is 1. The van der Waals surface area contributed by atoms with Crippen molar-refractivity contribution in [3.63, 3.8) is 0 Å². The molecule has 1 saturated heterocycles. The number of anilines is 1. The van der Waals surface area contributed by atoms with Gasteiger partial charge in [-0.15, -0.1) is 0 Å².